The highest BCUT2D eigenvalue weighted by atomic mass is 16.6. The fourth-order valence-electron chi connectivity index (χ4n) is 2.60. The molecule has 1 aromatic rings. The number of hydrogen-bond acceptors (Lipinski definition) is 5. The van der Waals surface area contributed by atoms with Gasteiger partial charge in [0.25, 0.3) is 0 Å². The predicted molar refractivity (Wildman–Crippen MR) is 97.5 cm³/mol. The quantitative estimate of drug-likeness (QED) is 0.622. The Morgan fingerprint density at radius 2 is 1.72 bits per heavy atom. The van der Waals surface area contributed by atoms with Gasteiger partial charge in [0, 0.05) is 37.9 Å². The van der Waals surface area contributed by atoms with Crippen molar-refractivity contribution in [2.45, 2.75) is 26.4 Å². The van der Waals surface area contributed by atoms with Gasteiger partial charge in [0.05, 0.1) is 7.11 Å². The second kappa shape index (κ2) is 8.05. The van der Waals surface area contributed by atoms with E-state index < -0.39 is 5.60 Å². The number of hydrogen-bond donors (Lipinski definition) is 0. The van der Waals surface area contributed by atoms with Crippen LogP contribution in [-0.4, -0.2) is 55.9 Å². The first-order valence-corrected chi connectivity index (χ1v) is 8.38. The van der Waals surface area contributed by atoms with Gasteiger partial charge in [-0.1, -0.05) is 18.2 Å². The average molecular weight is 346 g/mol. The lowest BCUT2D eigenvalue weighted by atomic mass is 10.1. The number of benzene rings is 1. The summed E-state index contributed by atoms with van der Waals surface area (Å²) >= 11 is 0. The van der Waals surface area contributed by atoms with Crippen molar-refractivity contribution in [2.24, 2.45) is 0 Å². The standard InChI is InChI=1S/C19H26N2O4/c1-19(2,3)25-18(23)21-13-11-20(12-14-21)16-8-6-5-7-15(16)9-10-17(22)24-4/h5-10H,11-14H2,1-4H3/b10-9+. The fourth-order valence-corrected chi connectivity index (χ4v) is 2.60. The molecule has 1 saturated heterocycles. The van der Waals surface area contributed by atoms with Gasteiger partial charge in [0.15, 0.2) is 0 Å². The molecule has 0 spiro atoms. The van der Waals surface area contributed by atoms with Crippen molar-refractivity contribution in [1.29, 1.82) is 0 Å². The molecule has 1 amide bonds. The molecule has 0 radical (unpaired) electrons. The lowest BCUT2D eigenvalue weighted by Gasteiger charge is -2.37. The first kappa shape index (κ1) is 18.8. The topological polar surface area (TPSA) is 59.1 Å². The molecule has 2 rings (SSSR count). The van der Waals surface area contributed by atoms with Crippen molar-refractivity contribution >= 4 is 23.8 Å². The van der Waals surface area contributed by atoms with Crippen molar-refractivity contribution in [1.82, 2.24) is 4.90 Å². The van der Waals surface area contributed by atoms with Crippen LogP contribution in [0.1, 0.15) is 26.3 Å². The summed E-state index contributed by atoms with van der Waals surface area (Å²) in [7, 11) is 1.36. The van der Waals surface area contributed by atoms with Crippen LogP contribution >= 0.6 is 0 Å². The molecule has 1 aromatic carbocycles. The van der Waals surface area contributed by atoms with Gasteiger partial charge in [0.2, 0.25) is 0 Å². The van der Waals surface area contributed by atoms with Crippen LogP contribution in [-0.2, 0) is 14.3 Å². The molecular weight excluding hydrogens is 320 g/mol. The summed E-state index contributed by atoms with van der Waals surface area (Å²) in [6.45, 7) is 8.22. The Kier molecular flexibility index (Phi) is 6.07. The number of methoxy groups -OCH3 is 1. The van der Waals surface area contributed by atoms with E-state index in [4.69, 9.17) is 4.74 Å². The first-order valence-electron chi connectivity index (χ1n) is 8.38. The van der Waals surface area contributed by atoms with E-state index >= 15 is 0 Å². The van der Waals surface area contributed by atoms with Gasteiger partial charge in [-0.25, -0.2) is 9.59 Å². The summed E-state index contributed by atoms with van der Waals surface area (Å²) in [5.41, 5.74) is 1.49. The summed E-state index contributed by atoms with van der Waals surface area (Å²) in [4.78, 5) is 27.4. The maximum absolute atomic E-state index is 12.2. The van der Waals surface area contributed by atoms with Gasteiger partial charge < -0.3 is 19.3 Å². The largest absolute Gasteiger partial charge is 0.466 e. The molecule has 25 heavy (non-hydrogen) atoms. The second-order valence-electron chi connectivity index (χ2n) is 6.87. The fraction of sp³-hybridized carbons (Fsp3) is 0.474. The third kappa shape index (κ3) is 5.52. The monoisotopic (exact) mass is 346 g/mol. The Morgan fingerprint density at radius 1 is 1.08 bits per heavy atom. The first-order chi connectivity index (χ1) is 11.8. The maximum Gasteiger partial charge on any atom is 0.410 e. The molecule has 0 N–H and O–H groups in total. The van der Waals surface area contributed by atoms with Gasteiger partial charge in [-0.3, -0.25) is 0 Å². The van der Waals surface area contributed by atoms with Crippen molar-refractivity contribution in [3.63, 3.8) is 0 Å². The molecular formula is C19H26N2O4. The molecule has 0 bridgehead atoms. The number of carbonyl (C=O) groups is 2. The number of amides is 1. The molecule has 136 valence electrons. The summed E-state index contributed by atoms with van der Waals surface area (Å²) in [6.07, 6.45) is 2.89. The molecule has 1 aliphatic heterocycles. The molecule has 0 aromatic heterocycles. The predicted octanol–water partition coefficient (Wildman–Crippen LogP) is 2.93. The van der Waals surface area contributed by atoms with E-state index in [1.165, 1.54) is 13.2 Å². The molecule has 0 aliphatic carbocycles. The average Bonchev–Trinajstić information content (AvgIpc) is 2.58. The van der Waals surface area contributed by atoms with Crippen molar-refractivity contribution in [3.8, 4) is 0 Å². The third-order valence-corrected chi connectivity index (χ3v) is 3.81. The number of piperazine rings is 1. The highest BCUT2D eigenvalue weighted by Crippen LogP contribution is 2.23. The summed E-state index contributed by atoms with van der Waals surface area (Å²) in [5, 5.41) is 0. The minimum Gasteiger partial charge on any atom is -0.466 e. The zero-order valence-corrected chi connectivity index (χ0v) is 15.3. The van der Waals surface area contributed by atoms with E-state index in [0.717, 1.165) is 11.3 Å². The van der Waals surface area contributed by atoms with Crippen LogP contribution in [0.3, 0.4) is 0 Å². The van der Waals surface area contributed by atoms with E-state index in [0.29, 0.717) is 26.2 Å². The Bertz CT molecular complexity index is 641. The van der Waals surface area contributed by atoms with Crippen molar-refractivity contribution in [3.05, 3.63) is 35.9 Å². The van der Waals surface area contributed by atoms with E-state index in [9.17, 15) is 9.59 Å². The minimum absolute atomic E-state index is 0.272. The third-order valence-electron chi connectivity index (χ3n) is 3.81. The van der Waals surface area contributed by atoms with Crippen molar-refractivity contribution < 1.29 is 19.1 Å². The van der Waals surface area contributed by atoms with Gasteiger partial charge >= 0.3 is 12.1 Å². The van der Waals surface area contributed by atoms with E-state index in [1.807, 2.05) is 45.0 Å². The zero-order chi connectivity index (χ0) is 18.4. The van der Waals surface area contributed by atoms with Crippen LogP contribution in [0.2, 0.25) is 0 Å². The number of carbonyl (C=O) groups excluding carboxylic acids is 2. The number of anilines is 1. The lowest BCUT2D eigenvalue weighted by Crippen LogP contribution is -2.50. The van der Waals surface area contributed by atoms with Gasteiger partial charge in [0.1, 0.15) is 5.60 Å². The Hall–Kier alpha value is -2.50. The number of rotatable bonds is 3. The van der Waals surface area contributed by atoms with Crippen LogP contribution < -0.4 is 4.90 Å². The Morgan fingerprint density at radius 3 is 2.32 bits per heavy atom. The van der Waals surface area contributed by atoms with Crippen LogP contribution in [0.5, 0.6) is 0 Å². The second-order valence-corrected chi connectivity index (χ2v) is 6.87. The van der Waals surface area contributed by atoms with Crippen LogP contribution in [0, 0.1) is 0 Å². The molecule has 1 aliphatic rings. The zero-order valence-electron chi connectivity index (χ0n) is 15.3. The van der Waals surface area contributed by atoms with Gasteiger partial charge in [-0.15, -0.1) is 0 Å². The Balaban J connectivity index is 2.02. The van der Waals surface area contributed by atoms with Crippen LogP contribution in [0.4, 0.5) is 10.5 Å². The van der Waals surface area contributed by atoms with E-state index in [-0.39, 0.29) is 12.1 Å². The maximum atomic E-state index is 12.2. The normalized spacial score (nSPS) is 15.4. The van der Waals surface area contributed by atoms with E-state index in [1.54, 1.807) is 11.0 Å². The smallest absolute Gasteiger partial charge is 0.410 e. The number of para-hydroxylation sites is 1. The molecule has 1 heterocycles. The minimum atomic E-state index is -0.487. The summed E-state index contributed by atoms with van der Waals surface area (Å²) in [6, 6.07) is 7.86. The summed E-state index contributed by atoms with van der Waals surface area (Å²) in [5.74, 6) is -0.385. The highest BCUT2D eigenvalue weighted by Gasteiger charge is 2.26. The molecule has 0 saturated carbocycles. The van der Waals surface area contributed by atoms with Crippen LogP contribution in [0.25, 0.3) is 6.08 Å². The molecule has 0 unspecified atom stereocenters. The molecule has 0 atom stereocenters. The SMILES string of the molecule is COC(=O)/C=C/c1ccccc1N1CCN(C(=O)OC(C)(C)C)CC1. The molecule has 1 fully saturated rings. The number of ether oxygens (including phenoxy) is 2. The van der Waals surface area contributed by atoms with E-state index in [2.05, 4.69) is 9.64 Å². The van der Waals surface area contributed by atoms with Crippen molar-refractivity contribution in [2.75, 3.05) is 38.2 Å². The Labute approximate surface area is 149 Å². The van der Waals surface area contributed by atoms with Gasteiger partial charge in [-0.2, -0.15) is 0 Å². The molecule has 6 nitrogen and oxygen atoms in total. The lowest BCUT2D eigenvalue weighted by molar-refractivity contribution is -0.134. The van der Waals surface area contributed by atoms with Gasteiger partial charge in [-0.05, 0) is 38.5 Å². The number of esters is 1. The van der Waals surface area contributed by atoms with Crippen LogP contribution in [0.15, 0.2) is 30.3 Å². The highest BCUT2D eigenvalue weighted by molar-refractivity contribution is 5.88. The summed E-state index contributed by atoms with van der Waals surface area (Å²) < 4.78 is 10.1. The number of nitrogens with zero attached hydrogens (tertiary/aromatic N) is 2. The molecule has 6 heteroatoms.